The highest BCUT2D eigenvalue weighted by Gasteiger charge is 2.73. The highest BCUT2D eigenvalue weighted by molar-refractivity contribution is 9.11. The zero-order valence-corrected chi connectivity index (χ0v) is 26.2. The van der Waals surface area contributed by atoms with Crippen LogP contribution in [0.3, 0.4) is 0 Å². The predicted octanol–water partition coefficient (Wildman–Crippen LogP) is 9.38. The predicted molar refractivity (Wildman–Crippen MR) is 156 cm³/mol. The summed E-state index contributed by atoms with van der Waals surface area (Å²) in [6.45, 7) is 1.92. The van der Waals surface area contributed by atoms with E-state index in [1.54, 1.807) is 13.0 Å². The Labute approximate surface area is 268 Å². The summed E-state index contributed by atoms with van der Waals surface area (Å²) in [4.78, 5) is 28.1. The zero-order valence-electron chi connectivity index (χ0n) is 23.0. The first-order valence-corrected chi connectivity index (χ1v) is 14.8. The summed E-state index contributed by atoms with van der Waals surface area (Å²) in [5.74, 6) is -2.76. The van der Waals surface area contributed by atoms with Crippen LogP contribution in [0.4, 0.5) is 46.5 Å². The molecule has 2 amide bonds. The van der Waals surface area contributed by atoms with Crippen LogP contribution in [0.1, 0.15) is 57.2 Å². The molecule has 1 N–H and O–H groups in total. The standard InChI is InChI=1S/C30H21Br2F8N3O2/c1-2-17-10-16(13-41)8-9-19(17)27(45)43(14-15-6-7-15)23-5-3-4-20(24(23)33)26(44)42-25-21(31)11-18(12-22(25)32)28(34,29(35,36)37)30(38,39)40/h3-5,8-12,15H,2,6-7,14H2,1H3,(H,42,44). The first-order chi connectivity index (χ1) is 20.9. The van der Waals surface area contributed by atoms with Crippen LogP contribution in [0.25, 0.3) is 0 Å². The van der Waals surface area contributed by atoms with Crippen LogP contribution < -0.4 is 10.2 Å². The summed E-state index contributed by atoms with van der Waals surface area (Å²) >= 11 is 5.54. The van der Waals surface area contributed by atoms with E-state index in [0.717, 1.165) is 18.9 Å². The molecular formula is C30H21Br2F8N3O2. The lowest BCUT2D eigenvalue weighted by Crippen LogP contribution is -2.50. The quantitative estimate of drug-likeness (QED) is 0.232. The van der Waals surface area contributed by atoms with Crippen LogP contribution in [0.5, 0.6) is 0 Å². The van der Waals surface area contributed by atoms with E-state index in [0.29, 0.717) is 17.5 Å². The highest BCUT2D eigenvalue weighted by Crippen LogP contribution is 2.54. The Morgan fingerprint density at radius 3 is 2.07 bits per heavy atom. The Bertz CT molecular complexity index is 1660. The van der Waals surface area contributed by atoms with E-state index >= 15 is 4.39 Å². The molecule has 3 aromatic rings. The van der Waals surface area contributed by atoms with Crippen LogP contribution in [0.15, 0.2) is 57.5 Å². The van der Waals surface area contributed by atoms with E-state index in [4.69, 9.17) is 0 Å². The van der Waals surface area contributed by atoms with Gasteiger partial charge in [0.05, 0.1) is 28.6 Å². The summed E-state index contributed by atoms with van der Waals surface area (Å²) in [6.07, 6.45) is -10.7. The molecule has 5 nitrogen and oxygen atoms in total. The third-order valence-corrected chi connectivity index (χ3v) is 8.45. The smallest absolute Gasteiger partial charge is 0.320 e. The second kappa shape index (κ2) is 12.7. The number of nitrogens with zero attached hydrogens (tertiary/aromatic N) is 2. The van der Waals surface area contributed by atoms with Crippen LogP contribution in [-0.2, 0) is 12.1 Å². The average Bonchev–Trinajstić information content (AvgIpc) is 3.79. The molecule has 0 unspecified atom stereocenters. The second-order valence-corrected chi connectivity index (χ2v) is 12.0. The van der Waals surface area contributed by atoms with Gasteiger partial charge in [-0.15, -0.1) is 0 Å². The Morgan fingerprint density at radius 2 is 1.56 bits per heavy atom. The van der Waals surface area contributed by atoms with Crippen LogP contribution in [0.2, 0.25) is 0 Å². The Kier molecular flexibility index (Phi) is 9.70. The van der Waals surface area contributed by atoms with E-state index in [2.05, 4.69) is 37.2 Å². The first-order valence-electron chi connectivity index (χ1n) is 13.2. The fourth-order valence-electron chi connectivity index (χ4n) is 4.62. The largest absolute Gasteiger partial charge is 0.435 e. The van der Waals surface area contributed by atoms with Crippen LogP contribution in [-0.4, -0.2) is 30.7 Å². The third kappa shape index (κ3) is 6.72. The summed E-state index contributed by atoms with van der Waals surface area (Å²) < 4.78 is 109. The normalized spacial score (nSPS) is 13.7. The molecule has 1 aliphatic carbocycles. The molecule has 0 radical (unpaired) electrons. The molecule has 0 heterocycles. The lowest BCUT2D eigenvalue weighted by Gasteiger charge is -2.31. The number of carbonyl (C=O) groups is 2. The van der Waals surface area contributed by atoms with Gasteiger partial charge in [0.25, 0.3) is 11.8 Å². The number of halogens is 10. The molecule has 3 aromatic carbocycles. The minimum atomic E-state index is -6.36. The number of aryl methyl sites for hydroxylation is 1. The van der Waals surface area contributed by atoms with Crippen molar-refractivity contribution in [3.8, 4) is 6.07 Å². The van der Waals surface area contributed by atoms with Gasteiger partial charge in [-0.05, 0) is 105 Å². The molecule has 0 atom stereocenters. The van der Waals surface area contributed by atoms with Crippen molar-refractivity contribution in [2.24, 2.45) is 5.92 Å². The number of alkyl halides is 7. The van der Waals surface area contributed by atoms with Gasteiger partial charge in [-0.2, -0.15) is 31.6 Å². The second-order valence-electron chi connectivity index (χ2n) is 10.3. The maximum Gasteiger partial charge on any atom is 0.435 e. The van der Waals surface area contributed by atoms with Crippen LogP contribution in [0, 0.1) is 23.1 Å². The van der Waals surface area contributed by atoms with Crippen molar-refractivity contribution in [1.29, 1.82) is 5.26 Å². The van der Waals surface area contributed by atoms with Crippen molar-refractivity contribution in [3.05, 3.63) is 91.1 Å². The number of rotatable bonds is 8. The lowest BCUT2D eigenvalue weighted by atomic mass is 9.94. The molecule has 0 aliphatic heterocycles. The van der Waals surface area contributed by atoms with Crippen molar-refractivity contribution in [1.82, 2.24) is 0 Å². The van der Waals surface area contributed by atoms with Crippen molar-refractivity contribution >= 4 is 55.0 Å². The number of anilines is 2. The molecule has 1 saturated carbocycles. The fraction of sp³-hybridized carbons (Fsp3) is 0.300. The number of amides is 2. The van der Waals surface area contributed by atoms with Gasteiger partial charge in [0.1, 0.15) is 0 Å². The molecule has 15 heteroatoms. The van der Waals surface area contributed by atoms with Gasteiger partial charge < -0.3 is 10.2 Å². The summed E-state index contributed by atoms with van der Waals surface area (Å²) in [5.41, 5.74) is -7.64. The molecule has 0 aromatic heterocycles. The van der Waals surface area contributed by atoms with E-state index in [1.807, 2.05) is 6.07 Å². The summed E-state index contributed by atoms with van der Waals surface area (Å²) in [5, 5.41) is 11.4. The number of benzene rings is 3. The molecule has 0 spiro atoms. The molecule has 4 rings (SSSR count). The number of nitrogens with one attached hydrogen (secondary N) is 1. The van der Waals surface area contributed by atoms with Crippen molar-refractivity contribution in [2.75, 3.05) is 16.8 Å². The topological polar surface area (TPSA) is 73.2 Å². The fourth-order valence-corrected chi connectivity index (χ4v) is 6.01. The number of hydrogen-bond acceptors (Lipinski definition) is 3. The zero-order chi connectivity index (χ0) is 33.5. The molecular weight excluding hydrogens is 746 g/mol. The SMILES string of the molecule is CCc1cc(C#N)ccc1C(=O)N(CC1CC1)c1cccc(C(=O)Nc2c(Br)cc(C(F)(C(F)(F)F)C(F)(F)F)cc2Br)c1F. The van der Waals surface area contributed by atoms with E-state index in [1.165, 1.54) is 29.2 Å². The molecule has 1 fully saturated rings. The molecule has 238 valence electrons. The van der Waals surface area contributed by atoms with Gasteiger partial charge in [0.2, 0.25) is 0 Å². The van der Waals surface area contributed by atoms with Gasteiger partial charge in [-0.25, -0.2) is 8.78 Å². The highest BCUT2D eigenvalue weighted by atomic mass is 79.9. The van der Waals surface area contributed by atoms with E-state index in [9.17, 15) is 45.6 Å². The number of carbonyl (C=O) groups excluding carboxylic acids is 2. The van der Waals surface area contributed by atoms with Gasteiger partial charge in [0, 0.05) is 26.6 Å². The maximum atomic E-state index is 16.0. The lowest BCUT2D eigenvalue weighted by molar-refractivity contribution is -0.348. The summed E-state index contributed by atoms with van der Waals surface area (Å²) in [6, 6.07) is 10.6. The van der Waals surface area contributed by atoms with Gasteiger partial charge >= 0.3 is 18.0 Å². The van der Waals surface area contributed by atoms with Gasteiger partial charge in [-0.3, -0.25) is 9.59 Å². The molecule has 45 heavy (non-hydrogen) atoms. The monoisotopic (exact) mass is 765 g/mol. The number of hydrogen-bond donors (Lipinski definition) is 1. The van der Waals surface area contributed by atoms with E-state index in [-0.39, 0.29) is 35.8 Å². The molecule has 1 aliphatic rings. The Hall–Kier alpha value is -3.51. The van der Waals surface area contributed by atoms with Crippen molar-refractivity contribution in [3.63, 3.8) is 0 Å². The minimum absolute atomic E-state index is 0.0794. The van der Waals surface area contributed by atoms with Crippen molar-refractivity contribution < 1.29 is 44.7 Å². The summed E-state index contributed by atoms with van der Waals surface area (Å²) in [7, 11) is 0. The van der Waals surface area contributed by atoms with Gasteiger partial charge in [-0.1, -0.05) is 13.0 Å². The third-order valence-electron chi connectivity index (χ3n) is 7.20. The molecule has 0 bridgehead atoms. The Balaban J connectivity index is 1.70. The first kappa shape index (κ1) is 34.4. The molecule has 0 saturated heterocycles. The number of nitriles is 1. The van der Waals surface area contributed by atoms with Crippen LogP contribution >= 0.6 is 31.9 Å². The Morgan fingerprint density at radius 1 is 0.956 bits per heavy atom. The maximum absolute atomic E-state index is 16.0. The van der Waals surface area contributed by atoms with Gasteiger partial charge in [0.15, 0.2) is 5.82 Å². The minimum Gasteiger partial charge on any atom is -0.320 e. The average molecular weight is 767 g/mol. The van der Waals surface area contributed by atoms with E-state index < -0.39 is 61.4 Å². The van der Waals surface area contributed by atoms with Crippen molar-refractivity contribution in [2.45, 2.75) is 44.2 Å².